The van der Waals surface area contributed by atoms with Gasteiger partial charge in [0.1, 0.15) is 5.76 Å². The Kier molecular flexibility index (Phi) is 4.32. The van der Waals surface area contributed by atoms with Crippen LogP contribution >= 0.6 is 11.3 Å². The molecule has 5 nitrogen and oxygen atoms in total. The molecule has 4 rings (SSSR count). The van der Waals surface area contributed by atoms with Crippen molar-refractivity contribution in [3.63, 3.8) is 0 Å². The molecule has 1 fully saturated rings. The summed E-state index contributed by atoms with van der Waals surface area (Å²) < 4.78 is 5.87. The van der Waals surface area contributed by atoms with Gasteiger partial charge in [-0.25, -0.2) is 9.97 Å². The summed E-state index contributed by atoms with van der Waals surface area (Å²) in [6, 6.07) is 10.1. The predicted octanol–water partition coefficient (Wildman–Crippen LogP) is 3.43. The average Bonchev–Trinajstić information content (AvgIpc) is 3.27. The summed E-state index contributed by atoms with van der Waals surface area (Å²) in [6.07, 6.45) is 1.87. The summed E-state index contributed by atoms with van der Waals surface area (Å²) >= 11 is 1.71. The van der Waals surface area contributed by atoms with E-state index in [2.05, 4.69) is 14.8 Å². The standard InChI is InChI=1S/C18H20N4OS/c1-14-16(20-17(23-14)15-5-3-2-4-6-15)13-21-8-10-22(11-9-21)18-19-7-12-24-18/h2-7,12H,8-11,13H2,1H3. The van der Waals surface area contributed by atoms with Gasteiger partial charge in [0.2, 0.25) is 5.89 Å². The molecule has 0 aliphatic carbocycles. The van der Waals surface area contributed by atoms with Gasteiger partial charge in [0, 0.05) is 49.9 Å². The highest BCUT2D eigenvalue weighted by Crippen LogP contribution is 2.23. The molecule has 24 heavy (non-hydrogen) atoms. The molecule has 2 aromatic heterocycles. The summed E-state index contributed by atoms with van der Waals surface area (Å²) in [6.45, 7) is 6.90. The average molecular weight is 340 g/mol. The smallest absolute Gasteiger partial charge is 0.226 e. The van der Waals surface area contributed by atoms with E-state index in [1.807, 2.05) is 48.8 Å². The van der Waals surface area contributed by atoms with Crippen LogP contribution in [-0.2, 0) is 6.54 Å². The number of aryl methyl sites for hydroxylation is 1. The molecule has 3 aromatic rings. The normalized spacial score (nSPS) is 15.8. The minimum Gasteiger partial charge on any atom is -0.441 e. The first-order chi connectivity index (χ1) is 11.8. The third-order valence-electron chi connectivity index (χ3n) is 4.35. The van der Waals surface area contributed by atoms with Crippen LogP contribution in [0.1, 0.15) is 11.5 Å². The Morgan fingerprint density at radius 2 is 1.92 bits per heavy atom. The maximum Gasteiger partial charge on any atom is 0.226 e. The van der Waals surface area contributed by atoms with Gasteiger partial charge in [-0.1, -0.05) is 18.2 Å². The first-order valence-electron chi connectivity index (χ1n) is 8.18. The molecule has 1 aromatic carbocycles. The highest BCUT2D eigenvalue weighted by Gasteiger charge is 2.21. The zero-order chi connectivity index (χ0) is 16.4. The largest absolute Gasteiger partial charge is 0.441 e. The number of oxazole rings is 1. The summed E-state index contributed by atoms with van der Waals surface area (Å²) in [5, 5.41) is 3.16. The fourth-order valence-electron chi connectivity index (χ4n) is 2.96. The zero-order valence-corrected chi connectivity index (χ0v) is 14.5. The third kappa shape index (κ3) is 3.20. The molecule has 1 saturated heterocycles. The van der Waals surface area contributed by atoms with Crippen molar-refractivity contribution < 1.29 is 4.42 Å². The van der Waals surface area contributed by atoms with E-state index in [0.717, 1.165) is 54.9 Å². The molecule has 1 aliphatic heterocycles. The number of rotatable bonds is 4. The van der Waals surface area contributed by atoms with Gasteiger partial charge in [-0.15, -0.1) is 11.3 Å². The van der Waals surface area contributed by atoms with E-state index in [1.165, 1.54) is 0 Å². The Balaban J connectivity index is 1.41. The van der Waals surface area contributed by atoms with Crippen LogP contribution in [0, 0.1) is 6.92 Å². The number of piperazine rings is 1. The lowest BCUT2D eigenvalue weighted by Crippen LogP contribution is -2.46. The highest BCUT2D eigenvalue weighted by atomic mass is 32.1. The fourth-order valence-corrected chi connectivity index (χ4v) is 3.66. The second kappa shape index (κ2) is 6.75. The molecule has 124 valence electrons. The number of aromatic nitrogens is 2. The lowest BCUT2D eigenvalue weighted by molar-refractivity contribution is 0.246. The van der Waals surface area contributed by atoms with E-state index in [-0.39, 0.29) is 0 Å². The minimum atomic E-state index is 0.713. The number of anilines is 1. The lowest BCUT2D eigenvalue weighted by atomic mass is 10.2. The summed E-state index contributed by atoms with van der Waals surface area (Å²) in [5.74, 6) is 1.63. The summed E-state index contributed by atoms with van der Waals surface area (Å²) in [5.41, 5.74) is 2.07. The van der Waals surface area contributed by atoms with E-state index in [9.17, 15) is 0 Å². The first kappa shape index (κ1) is 15.4. The van der Waals surface area contributed by atoms with Gasteiger partial charge in [-0.05, 0) is 19.1 Å². The van der Waals surface area contributed by atoms with Crippen molar-refractivity contribution in [1.29, 1.82) is 0 Å². The second-order valence-electron chi connectivity index (χ2n) is 5.97. The Bertz CT molecular complexity index is 777. The lowest BCUT2D eigenvalue weighted by Gasteiger charge is -2.34. The zero-order valence-electron chi connectivity index (χ0n) is 13.7. The quantitative estimate of drug-likeness (QED) is 0.728. The van der Waals surface area contributed by atoms with Crippen molar-refractivity contribution in [3.8, 4) is 11.5 Å². The molecule has 0 unspecified atom stereocenters. The number of benzene rings is 1. The molecule has 0 saturated carbocycles. The van der Waals surface area contributed by atoms with Crippen LogP contribution in [0.25, 0.3) is 11.5 Å². The number of hydrogen-bond donors (Lipinski definition) is 0. The van der Waals surface area contributed by atoms with Crippen molar-refractivity contribution in [2.24, 2.45) is 0 Å². The molecule has 1 aliphatic rings. The first-order valence-corrected chi connectivity index (χ1v) is 9.06. The topological polar surface area (TPSA) is 45.4 Å². The van der Waals surface area contributed by atoms with Crippen molar-refractivity contribution in [2.45, 2.75) is 13.5 Å². The minimum absolute atomic E-state index is 0.713. The van der Waals surface area contributed by atoms with E-state index >= 15 is 0 Å². The molecule has 3 heterocycles. The van der Waals surface area contributed by atoms with Crippen molar-refractivity contribution in [1.82, 2.24) is 14.9 Å². The van der Waals surface area contributed by atoms with Gasteiger partial charge in [-0.3, -0.25) is 4.90 Å². The molecule has 0 radical (unpaired) electrons. The number of nitrogens with zero attached hydrogens (tertiary/aromatic N) is 4. The molecule has 6 heteroatoms. The van der Waals surface area contributed by atoms with Crippen molar-refractivity contribution >= 4 is 16.5 Å². The van der Waals surface area contributed by atoms with Crippen LogP contribution in [0.2, 0.25) is 0 Å². The molecule has 0 N–H and O–H groups in total. The molecule has 0 amide bonds. The van der Waals surface area contributed by atoms with Crippen molar-refractivity contribution in [2.75, 3.05) is 31.1 Å². The SMILES string of the molecule is Cc1oc(-c2ccccc2)nc1CN1CCN(c2nccs2)CC1. The van der Waals surface area contributed by atoms with Crippen LogP contribution in [0.5, 0.6) is 0 Å². The predicted molar refractivity (Wildman–Crippen MR) is 96.3 cm³/mol. The third-order valence-corrected chi connectivity index (χ3v) is 5.18. The summed E-state index contributed by atoms with van der Waals surface area (Å²) in [4.78, 5) is 13.9. The van der Waals surface area contributed by atoms with E-state index in [1.54, 1.807) is 11.3 Å². The van der Waals surface area contributed by atoms with E-state index in [4.69, 9.17) is 9.40 Å². The maximum atomic E-state index is 5.87. The van der Waals surface area contributed by atoms with Crippen LogP contribution in [0.15, 0.2) is 46.3 Å². The van der Waals surface area contributed by atoms with Crippen LogP contribution in [0.4, 0.5) is 5.13 Å². The molecule has 0 atom stereocenters. The maximum absolute atomic E-state index is 5.87. The van der Waals surface area contributed by atoms with Gasteiger partial charge >= 0.3 is 0 Å². The molecular weight excluding hydrogens is 320 g/mol. The molecule has 0 spiro atoms. The van der Waals surface area contributed by atoms with Gasteiger partial charge in [-0.2, -0.15) is 0 Å². The van der Waals surface area contributed by atoms with E-state index < -0.39 is 0 Å². The van der Waals surface area contributed by atoms with E-state index in [0.29, 0.717) is 5.89 Å². The monoisotopic (exact) mass is 340 g/mol. The van der Waals surface area contributed by atoms with Crippen LogP contribution in [0.3, 0.4) is 0 Å². The van der Waals surface area contributed by atoms with Gasteiger partial charge < -0.3 is 9.32 Å². The second-order valence-corrected chi connectivity index (χ2v) is 6.84. The van der Waals surface area contributed by atoms with Crippen LogP contribution < -0.4 is 4.90 Å². The highest BCUT2D eigenvalue weighted by molar-refractivity contribution is 7.13. The van der Waals surface area contributed by atoms with Crippen LogP contribution in [-0.4, -0.2) is 41.0 Å². The Morgan fingerprint density at radius 1 is 1.12 bits per heavy atom. The van der Waals surface area contributed by atoms with Gasteiger partial charge in [0.25, 0.3) is 0 Å². The Labute approximate surface area is 145 Å². The summed E-state index contributed by atoms with van der Waals surface area (Å²) in [7, 11) is 0. The van der Waals surface area contributed by atoms with Crippen molar-refractivity contribution in [3.05, 3.63) is 53.4 Å². The number of thiazole rings is 1. The number of hydrogen-bond acceptors (Lipinski definition) is 6. The Morgan fingerprint density at radius 3 is 2.62 bits per heavy atom. The van der Waals surface area contributed by atoms with Gasteiger partial charge in [0.05, 0.1) is 5.69 Å². The fraction of sp³-hybridized carbons (Fsp3) is 0.333. The van der Waals surface area contributed by atoms with Gasteiger partial charge in [0.15, 0.2) is 5.13 Å². The Hall–Kier alpha value is -2.18. The molecule has 0 bridgehead atoms. The molecular formula is C18H20N4OS.